The Bertz CT molecular complexity index is 446. The van der Waals surface area contributed by atoms with Crippen LogP contribution in [-0.2, 0) is 14.8 Å². The van der Waals surface area contributed by atoms with Crippen LogP contribution in [0.25, 0.3) is 0 Å². The van der Waals surface area contributed by atoms with E-state index in [4.69, 9.17) is 4.43 Å². The van der Waals surface area contributed by atoms with E-state index < -0.39 is 13.9 Å². The Labute approximate surface area is 117 Å². The van der Waals surface area contributed by atoms with Crippen LogP contribution in [0.2, 0.25) is 19.6 Å². The molecule has 2 rings (SSSR count). The highest BCUT2D eigenvalue weighted by atomic mass is 28.4. The fraction of sp³-hybridized carbons (Fsp3) is 0.562. The fourth-order valence-electron chi connectivity index (χ4n) is 2.92. The molecule has 1 aliphatic rings. The van der Waals surface area contributed by atoms with Crippen molar-refractivity contribution in [2.24, 2.45) is 5.92 Å². The topological polar surface area (TPSA) is 26.3 Å². The van der Waals surface area contributed by atoms with Gasteiger partial charge in [0, 0.05) is 0 Å². The lowest BCUT2D eigenvalue weighted by Crippen LogP contribution is -2.52. The first-order chi connectivity index (χ1) is 8.86. The van der Waals surface area contributed by atoms with Crippen LogP contribution >= 0.6 is 0 Å². The van der Waals surface area contributed by atoms with E-state index in [0.717, 1.165) is 18.4 Å². The third-order valence-electron chi connectivity index (χ3n) is 3.87. The van der Waals surface area contributed by atoms with E-state index in [0.29, 0.717) is 5.92 Å². The van der Waals surface area contributed by atoms with Gasteiger partial charge in [0.2, 0.25) is 0 Å². The van der Waals surface area contributed by atoms with Crippen molar-refractivity contribution in [1.29, 1.82) is 0 Å². The summed E-state index contributed by atoms with van der Waals surface area (Å²) in [6, 6.07) is 10.1. The summed E-state index contributed by atoms with van der Waals surface area (Å²) in [5.41, 5.74) is 0.332. The van der Waals surface area contributed by atoms with Gasteiger partial charge in [0.1, 0.15) is 5.60 Å². The van der Waals surface area contributed by atoms with Gasteiger partial charge in [-0.2, -0.15) is 0 Å². The number of Topliss-reactive ketones (excluding diaryl/α,β-unsaturated/α-hetero) is 1. The summed E-state index contributed by atoms with van der Waals surface area (Å²) in [5.74, 6) is 0.505. The molecule has 19 heavy (non-hydrogen) atoms. The van der Waals surface area contributed by atoms with Gasteiger partial charge in [-0.05, 0) is 50.9 Å². The first kappa shape index (κ1) is 14.5. The van der Waals surface area contributed by atoms with Crippen LogP contribution in [0.5, 0.6) is 0 Å². The third-order valence-corrected chi connectivity index (χ3v) is 4.81. The highest BCUT2D eigenvalue weighted by Gasteiger charge is 2.50. The molecule has 0 radical (unpaired) electrons. The number of hydrogen-bond donors (Lipinski definition) is 0. The van der Waals surface area contributed by atoms with E-state index >= 15 is 0 Å². The van der Waals surface area contributed by atoms with E-state index in [9.17, 15) is 4.79 Å². The summed E-state index contributed by atoms with van der Waals surface area (Å²) in [5, 5.41) is 0. The molecular weight excluding hydrogens is 252 g/mol. The molecule has 0 amide bonds. The molecule has 0 saturated heterocycles. The smallest absolute Gasteiger partial charge is 0.185 e. The van der Waals surface area contributed by atoms with E-state index in [2.05, 4.69) is 19.6 Å². The van der Waals surface area contributed by atoms with Crippen molar-refractivity contribution in [3.63, 3.8) is 0 Å². The average molecular weight is 276 g/mol. The molecule has 104 valence electrons. The molecule has 0 aromatic heterocycles. The number of benzene rings is 1. The third kappa shape index (κ3) is 2.82. The Balaban J connectivity index is 2.49. The molecule has 1 aromatic rings. The summed E-state index contributed by atoms with van der Waals surface area (Å²) < 4.78 is 6.47. The van der Waals surface area contributed by atoms with Gasteiger partial charge in [-0.3, -0.25) is 4.79 Å². The summed E-state index contributed by atoms with van der Waals surface area (Å²) >= 11 is 0. The van der Waals surface area contributed by atoms with Crippen LogP contribution in [-0.4, -0.2) is 14.1 Å². The van der Waals surface area contributed by atoms with Crippen molar-refractivity contribution in [3.05, 3.63) is 35.9 Å². The number of carbonyl (C=O) groups excluding carboxylic acids is 1. The minimum atomic E-state index is -1.80. The SMILES string of the molecule is CC(=O)[C@@](O[Si](C)(C)C)(c1ccccc1)C1CCC1. The second kappa shape index (κ2) is 5.21. The Kier molecular flexibility index (Phi) is 3.97. The van der Waals surface area contributed by atoms with Crippen LogP contribution in [0, 0.1) is 5.92 Å². The molecule has 2 nitrogen and oxygen atoms in total. The number of carbonyl (C=O) groups is 1. The Morgan fingerprint density at radius 1 is 1.21 bits per heavy atom. The molecule has 0 aliphatic heterocycles. The first-order valence-corrected chi connectivity index (χ1v) is 10.5. The van der Waals surface area contributed by atoms with Gasteiger partial charge in [0.05, 0.1) is 0 Å². The molecule has 1 atom stereocenters. The zero-order valence-electron chi connectivity index (χ0n) is 12.4. The van der Waals surface area contributed by atoms with Gasteiger partial charge in [-0.15, -0.1) is 0 Å². The molecule has 1 fully saturated rings. The molecule has 0 N–H and O–H groups in total. The zero-order valence-corrected chi connectivity index (χ0v) is 13.4. The lowest BCUT2D eigenvalue weighted by atomic mass is 9.68. The summed E-state index contributed by atoms with van der Waals surface area (Å²) in [6.45, 7) is 8.16. The average Bonchev–Trinajstić information content (AvgIpc) is 2.24. The quantitative estimate of drug-likeness (QED) is 0.756. The van der Waals surface area contributed by atoms with Crippen molar-refractivity contribution in [2.45, 2.75) is 51.4 Å². The molecular formula is C16H24O2Si. The lowest BCUT2D eigenvalue weighted by Gasteiger charge is -2.47. The standard InChI is InChI=1S/C16H24O2Si/c1-13(17)16(15-11-8-12-15,18-19(2,3)4)14-9-6-5-7-10-14/h5-7,9-10,15H,8,11-12H2,1-4H3/t16-/m1/s1. The highest BCUT2D eigenvalue weighted by Crippen LogP contribution is 2.47. The molecule has 0 unspecified atom stereocenters. The minimum absolute atomic E-state index is 0.158. The molecule has 0 bridgehead atoms. The maximum absolute atomic E-state index is 12.5. The Morgan fingerprint density at radius 3 is 2.16 bits per heavy atom. The summed E-state index contributed by atoms with van der Waals surface area (Å²) in [4.78, 5) is 12.5. The predicted molar refractivity (Wildman–Crippen MR) is 80.6 cm³/mol. The maximum atomic E-state index is 12.5. The van der Waals surface area contributed by atoms with Crippen molar-refractivity contribution in [2.75, 3.05) is 0 Å². The van der Waals surface area contributed by atoms with Crippen LogP contribution in [0.15, 0.2) is 30.3 Å². The van der Waals surface area contributed by atoms with E-state index in [1.807, 2.05) is 30.3 Å². The van der Waals surface area contributed by atoms with E-state index in [1.54, 1.807) is 6.92 Å². The largest absolute Gasteiger partial charge is 0.401 e. The Hall–Kier alpha value is -0.933. The van der Waals surface area contributed by atoms with Gasteiger partial charge >= 0.3 is 0 Å². The van der Waals surface area contributed by atoms with E-state index in [-0.39, 0.29) is 5.78 Å². The molecule has 1 aliphatic carbocycles. The molecule has 1 aromatic carbocycles. The number of rotatable bonds is 5. The summed E-state index contributed by atoms with van der Waals surface area (Å²) in [6.07, 6.45) is 3.40. The van der Waals surface area contributed by atoms with Gasteiger partial charge in [-0.1, -0.05) is 36.8 Å². The van der Waals surface area contributed by atoms with Crippen molar-refractivity contribution in [3.8, 4) is 0 Å². The van der Waals surface area contributed by atoms with Crippen LogP contribution in [0.3, 0.4) is 0 Å². The van der Waals surface area contributed by atoms with Crippen molar-refractivity contribution in [1.82, 2.24) is 0 Å². The number of hydrogen-bond acceptors (Lipinski definition) is 2. The van der Waals surface area contributed by atoms with Gasteiger partial charge in [0.25, 0.3) is 0 Å². The Morgan fingerprint density at radius 2 is 1.79 bits per heavy atom. The first-order valence-electron chi connectivity index (χ1n) is 7.13. The maximum Gasteiger partial charge on any atom is 0.185 e. The second-order valence-electron chi connectivity index (χ2n) is 6.50. The van der Waals surface area contributed by atoms with Gasteiger partial charge in [0.15, 0.2) is 14.1 Å². The highest BCUT2D eigenvalue weighted by molar-refractivity contribution is 6.70. The second-order valence-corrected chi connectivity index (χ2v) is 10.9. The molecule has 0 spiro atoms. The predicted octanol–water partition coefficient (Wildman–Crippen LogP) is 4.12. The monoisotopic (exact) mass is 276 g/mol. The van der Waals surface area contributed by atoms with Crippen LogP contribution in [0.4, 0.5) is 0 Å². The normalized spacial score (nSPS) is 19.6. The minimum Gasteiger partial charge on any atom is -0.401 e. The zero-order chi connectivity index (χ0) is 14.1. The summed E-state index contributed by atoms with van der Waals surface area (Å²) in [7, 11) is -1.80. The van der Waals surface area contributed by atoms with Crippen molar-refractivity contribution < 1.29 is 9.22 Å². The van der Waals surface area contributed by atoms with Gasteiger partial charge < -0.3 is 4.43 Å². The van der Waals surface area contributed by atoms with E-state index in [1.165, 1.54) is 6.42 Å². The fourth-order valence-corrected chi connectivity index (χ4v) is 4.32. The molecule has 0 heterocycles. The molecule has 3 heteroatoms. The van der Waals surface area contributed by atoms with Crippen LogP contribution < -0.4 is 0 Å². The van der Waals surface area contributed by atoms with Crippen molar-refractivity contribution >= 4 is 14.1 Å². The van der Waals surface area contributed by atoms with Crippen LogP contribution in [0.1, 0.15) is 31.7 Å². The van der Waals surface area contributed by atoms with Gasteiger partial charge in [-0.25, -0.2) is 0 Å². The number of ketones is 1. The molecule has 1 saturated carbocycles. The lowest BCUT2D eigenvalue weighted by molar-refractivity contribution is -0.143.